The zero-order chi connectivity index (χ0) is 27.8. The molecule has 0 N–H and O–H groups in total. The normalized spacial score (nSPS) is 22.5. The quantitative estimate of drug-likeness (QED) is 0.333. The number of esters is 4. The summed E-state index contributed by atoms with van der Waals surface area (Å²) < 4.78 is 51.4. The Hall–Kier alpha value is -4.33. The highest BCUT2D eigenvalue weighted by molar-refractivity contribution is 5.77. The van der Waals surface area contributed by atoms with Crippen LogP contribution in [0.5, 0.6) is 11.9 Å². The molecule has 0 spiro atoms. The highest BCUT2D eigenvalue weighted by Crippen LogP contribution is 2.31. The van der Waals surface area contributed by atoms with Crippen LogP contribution in [0.2, 0.25) is 0 Å². The number of methoxy groups -OCH3 is 1. The molecule has 1 aromatic heterocycles. The number of rotatable bonds is 9. The lowest BCUT2D eigenvalue weighted by Gasteiger charge is -2.42. The lowest BCUT2D eigenvalue weighted by Crippen LogP contribution is -2.64. The van der Waals surface area contributed by atoms with Crippen molar-refractivity contribution in [2.24, 2.45) is 0 Å². The molecule has 14 heteroatoms. The summed E-state index contributed by atoms with van der Waals surface area (Å²) >= 11 is 0. The number of ether oxygens (including phenoxy) is 7. The van der Waals surface area contributed by atoms with Crippen molar-refractivity contribution in [2.45, 2.75) is 58.1 Å². The van der Waals surface area contributed by atoms with Gasteiger partial charge >= 0.3 is 29.9 Å². The lowest BCUT2D eigenvalue weighted by molar-refractivity contribution is -0.283. The molecule has 0 radical (unpaired) electrons. The Morgan fingerprint density at radius 3 is 2.13 bits per heavy atom. The van der Waals surface area contributed by atoms with Gasteiger partial charge < -0.3 is 33.2 Å². The Kier molecular flexibility index (Phi) is 9.49. The number of carbonyl (C=O) groups is 4. The molecule has 5 atom stereocenters. The van der Waals surface area contributed by atoms with Gasteiger partial charge in [0.25, 0.3) is 5.88 Å². The minimum Gasteiger partial charge on any atom is -0.471 e. The summed E-state index contributed by atoms with van der Waals surface area (Å²) in [5.74, 6) is -4.94. The molecule has 2 heterocycles. The van der Waals surface area contributed by atoms with E-state index in [9.17, 15) is 23.6 Å². The van der Waals surface area contributed by atoms with Gasteiger partial charge in [0, 0.05) is 20.8 Å². The fraction of sp³-hybridized carbons (Fsp3) is 0.417. The van der Waals surface area contributed by atoms with E-state index in [4.69, 9.17) is 33.2 Å². The molecule has 1 fully saturated rings. The van der Waals surface area contributed by atoms with Crippen LogP contribution in [-0.2, 0) is 49.5 Å². The Morgan fingerprint density at radius 1 is 0.921 bits per heavy atom. The zero-order valence-corrected chi connectivity index (χ0v) is 20.8. The lowest BCUT2D eigenvalue weighted by atomic mass is 9.97. The average Bonchev–Trinajstić information content (AvgIpc) is 2.86. The van der Waals surface area contributed by atoms with Crippen molar-refractivity contribution in [3.05, 3.63) is 47.9 Å². The van der Waals surface area contributed by atoms with Crippen LogP contribution in [0.15, 0.2) is 36.5 Å². The summed E-state index contributed by atoms with van der Waals surface area (Å²) in [7, 11) is 1.05. The van der Waals surface area contributed by atoms with Gasteiger partial charge in [-0.05, 0) is 5.56 Å². The molecular formula is C24H25FN2O11. The number of benzene rings is 1. The third-order valence-electron chi connectivity index (χ3n) is 4.96. The first-order valence-electron chi connectivity index (χ1n) is 11.2. The van der Waals surface area contributed by atoms with E-state index in [2.05, 4.69) is 9.97 Å². The van der Waals surface area contributed by atoms with E-state index in [-0.39, 0.29) is 6.61 Å². The maximum absolute atomic E-state index is 14.3. The van der Waals surface area contributed by atoms with Gasteiger partial charge in [-0.1, -0.05) is 30.3 Å². The zero-order valence-electron chi connectivity index (χ0n) is 20.8. The van der Waals surface area contributed by atoms with Crippen LogP contribution in [0.1, 0.15) is 26.3 Å². The molecule has 0 saturated carbocycles. The predicted octanol–water partition coefficient (Wildman–Crippen LogP) is 1.27. The molecule has 0 amide bonds. The monoisotopic (exact) mass is 536 g/mol. The number of halogens is 1. The van der Waals surface area contributed by atoms with E-state index in [1.165, 1.54) is 0 Å². The van der Waals surface area contributed by atoms with Gasteiger partial charge in [0.15, 0.2) is 18.3 Å². The highest BCUT2D eigenvalue weighted by Gasteiger charge is 2.56. The van der Waals surface area contributed by atoms with Crippen LogP contribution in [0.3, 0.4) is 0 Å². The summed E-state index contributed by atoms with van der Waals surface area (Å²) in [6.07, 6.45) is -7.34. The Labute approximate surface area is 216 Å². The average molecular weight is 536 g/mol. The molecule has 1 saturated heterocycles. The molecule has 3 rings (SSSR count). The van der Waals surface area contributed by atoms with Gasteiger partial charge in [0.05, 0.1) is 13.3 Å². The summed E-state index contributed by atoms with van der Waals surface area (Å²) in [6, 6.07) is 8.39. The molecule has 38 heavy (non-hydrogen) atoms. The third-order valence-corrected chi connectivity index (χ3v) is 4.96. The molecule has 1 aliphatic rings. The van der Waals surface area contributed by atoms with Crippen LogP contribution >= 0.6 is 0 Å². The van der Waals surface area contributed by atoms with Crippen molar-refractivity contribution in [1.82, 2.24) is 9.97 Å². The van der Waals surface area contributed by atoms with Crippen molar-refractivity contribution < 1.29 is 56.7 Å². The topological polar surface area (TPSA) is 159 Å². The second-order valence-corrected chi connectivity index (χ2v) is 7.87. The summed E-state index contributed by atoms with van der Waals surface area (Å²) in [5, 5.41) is 0. The van der Waals surface area contributed by atoms with E-state index < -0.39 is 72.3 Å². The van der Waals surface area contributed by atoms with Crippen molar-refractivity contribution in [2.75, 3.05) is 7.11 Å². The van der Waals surface area contributed by atoms with E-state index in [1.54, 1.807) is 30.3 Å². The minimum absolute atomic E-state index is 0.0206. The first-order chi connectivity index (χ1) is 18.1. The standard InChI is InChI=1S/C24H25FN2O11/c1-12(28)34-17-18(35-13(2)29)20(36-14(3)30)23(37-19(17)22(31)32-4)38-24-26-10-16(25)21(27-24)33-11-15-8-6-5-7-9-15/h5-10,17-20,23H,11H2,1-4H3/t17-,18-,19-,20+,23-/m0/s1. The maximum atomic E-state index is 14.3. The molecule has 1 aliphatic heterocycles. The van der Waals surface area contributed by atoms with Gasteiger partial charge in [-0.2, -0.15) is 9.37 Å². The molecule has 13 nitrogen and oxygen atoms in total. The number of carbonyl (C=O) groups excluding carboxylic acids is 4. The van der Waals surface area contributed by atoms with Crippen molar-refractivity contribution >= 4 is 23.9 Å². The van der Waals surface area contributed by atoms with Crippen molar-refractivity contribution in [1.29, 1.82) is 0 Å². The highest BCUT2D eigenvalue weighted by atomic mass is 19.1. The molecule has 0 aliphatic carbocycles. The molecule has 0 bridgehead atoms. The second-order valence-electron chi connectivity index (χ2n) is 7.87. The van der Waals surface area contributed by atoms with E-state index in [0.717, 1.165) is 39.6 Å². The Bertz CT molecular complexity index is 1160. The van der Waals surface area contributed by atoms with E-state index >= 15 is 0 Å². The maximum Gasteiger partial charge on any atom is 0.339 e. The number of nitrogens with zero attached hydrogens (tertiary/aromatic N) is 2. The minimum atomic E-state index is -1.70. The van der Waals surface area contributed by atoms with E-state index in [0.29, 0.717) is 0 Å². The first kappa shape index (κ1) is 28.2. The summed E-state index contributed by atoms with van der Waals surface area (Å²) in [5.41, 5.74) is 0.736. The third kappa shape index (κ3) is 7.35. The second kappa shape index (κ2) is 12.8. The number of aromatic nitrogens is 2. The molecule has 204 valence electrons. The first-order valence-corrected chi connectivity index (χ1v) is 11.2. The molecule has 2 aromatic rings. The van der Waals surface area contributed by atoms with Crippen LogP contribution in [0, 0.1) is 5.82 Å². The van der Waals surface area contributed by atoms with Crippen LogP contribution in [0.4, 0.5) is 4.39 Å². The van der Waals surface area contributed by atoms with E-state index in [1.807, 2.05) is 0 Å². The SMILES string of the molecule is COC(=O)[C@H]1O[C@@H](Oc2ncc(F)c(OCc3ccccc3)n2)[C@H](OC(C)=O)[C@@H](OC(C)=O)[C@@H]1OC(C)=O. The Morgan fingerprint density at radius 2 is 1.53 bits per heavy atom. The molecule has 1 aromatic carbocycles. The van der Waals surface area contributed by atoms with Crippen molar-refractivity contribution in [3.8, 4) is 11.9 Å². The largest absolute Gasteiger partial charge is 0.471 e. The summed E-state index contributed by atoms with van der Waals surface area (Å²) in [6.45, 7) is 3.13. The molecule has 0 unspecified atom stereocenters. The summed E-state index contributed by atoms with van der Waals surface area (Å²) in [4.78, 5) is 55.6. The Balaban J connectivity index is 1.93. The van der Waals surface area contributed by atoms with Crippen LogP contribution in [-0.4, -0.2) is 71.7 Å². The number of hydrogen-bond donors (Lipinski definition) is 0. The smallest absolute Gasteiger partial charge is 0.339 e. The van der Waals surface area contributed by atoms with Gasteiger partial charge in [-0.25, -0.2) is 9.78 Å². The van der Waals surface area contributed by atoms with Crippen LogP contribution < -0.4 is 9.47 Å². The fourth-order valence-corrected chi connectivity index (χ4v) is 3.50. The van der Waals surface area contributed by atoms with Crippen LogP contribution in [0.25, 0.3) is 0 Å². The molecular weight excluding hydrogens is 511 g/mol. The fourth-order valence-electron chi connectivity index (χ4n) is 3.50. The van der Waals surface area contributed by atoms with Crippen molar-refractivity contribution in [3.63, 3.8) is 0 Å². The van der Waals surface area contributed by atoms with Gasteiger partial charge in [0.1, 0.15) is 6.61 Å². The predicted molar refractivity (Wildman–Crippen MR) is 121 cm³/mol. The van der Waals surface area contributed by atoms with Gasteiger partial charge in [0.2, 0.25) is 18.2 Å². The number of hydrogen-bond acceptors (Lipinski definition) is 13. The van der Waals surface area contributed by atoms with Gasteiger partial charge in [-0.3, -0.25) is 14.4 Å². The van der Waals surface area contributed by atoms with Gasteiger partial charge in [-0.15, -0.1) is 0 Å².